The highest BCUT2D eigenvalue weighted by molar-refractivity contribution is 6.30. The zero-order valence-electron chi connectivity index (χ0n) is 11.7. The van der Waals surface area contributed by atoms with Crippen LogP contribution in [0, 0.1) is 5.92 Å². The van der Waals surface area contributed by atoms with E-state index in [9.17, 15) is 4.79 Å². The molecule has 4 heteroatoms. The van der Waals surface area contributed by atoms with Crippen molar-refractivity contribution in [2.45, 2.75) is 39.4 Å². The molecule has 1 amide bonds. The Balaban J connectivity index is 2.23. The van der Waals surface area contributed by atoms with Crippen molar-refractivity contribution in [3.63, 3.8) is 0 Å². The first-order valence-corrected chi connectivity index (χ1v) is 7.22. The molecule has 1 aliphatic heterocycles. The molecule has 0 spiro atoms. The van der Waals surface area contributed by atoms with Gasteiger partial charge in [-0.15, -0.1) is 0 Å². The topological polar surface area (TPSA) is 32.3 Å². The summed E-state index contributed by atoms with van der Waals surface area (Å²) in [5.74, 6) is 0.694. The standard InChI is InChI=1S/C15H21ClN2O/c1-4-18-14(11-6-5-7-12(16)9-11)17-13(15(18)19)8-10(2)3/h5-7,9-10,13-14,17H,4,8H2,1-3H3. The summed E-state index contributed by atoms with van der Waals surface area (Å²) < 4.78 is 0. The third-order valence-corrected chi connectivity index (χ3v) is 3.70. The van der Waals surface area contributed by atoms with E-state index in [2.05, 4.69) is 19.2 Å². The second-order valence-corrected chi connectivity index (χ2v) is 5.87. The third kappa shape index (κ3) is 3.10. The van der Waals surface area contributed by atoms with Gasteiger partial charge in [-0.3, -0.25) is 10.1 Å². The van der Waals surface area contributed by atoms with Crippen LogP contribution in [0.5, 0.6) is 0 Å². The van der Waals surface area contributed by atoms with Crippen molar-refractivity contribution in [1.29, 1.82) is 0 Å². The molecule has 1 N–H and O–H groups in total. The maximum Gasteiger partial charge on any atom is 0.241 e. The van der Waals surface area contributed by atoms with E-state index in [-0.39, 0.29) is 18.1 Å². The van der Waals surface area contributed by atoms with E-state index in [1.165, 1.54) is 0 Å². The second-order valence-electron chi connectivity index (χ2n) is 5.43. The van der Waals surface area contributed by atoms with Gasteiger partial charge in [0.15, 0.2) is 0 Å². The van der Waals surface area contributed by atoms with Gasteiger partial charge < -0.3 is 4.90 Å². The van der Waals surface area contributed by atoms with Crippen LogP contribution < -0.4 is 5.32 Å². The molecule has 1 saturated heterocycles. The zero-order chi connectivity index (χ0) is 14.0. The Labute approximate surface area is 119 Å². The Morgan fingerprint density at radius 3 is 2.74 bits per heavy atom. The fourth-order valence-corrected chi connectivity index (χ4v) is 2.81. The molecule has 1 heterocycles. The Morgan fingerprint density at radius 2 is 2.16 bits per heavy atom. The average molecular weight is 281 g/mol. The smallest absolute Gasteiger partial charge is 0.241 e. The molecule has 2 unspecified atom stereocenters. The molecule has 2 rings (SSSR count). The van der Waals surface area contributed by atoms with Crippen molar-refractivity contribution >= 4 is 17.5 Å². The minimum absolute atomic E-state index is 0.0556. The zero-order valence-corrected chi connectivity index (χ0v) is 12.4. The summed E-state index contributed by atoms with van der Waals surface area (Å²) in [5, 5.41) is 4.14. The molecule has 0 saturated carbocycles. The number of benzene rings is 1. The molecular weight excluding hydrogens is 260 g/mol. The van der Waals surface area contributed by atoms with Gasteiger partial charge in [-0.05, 0) is 37.0 Å². The van der Waals surface area contributed by atoms with Gasteiger partial charge in [-0.2, -0.15) is 0 Å². The van der Waals surface area contributed by atoms with Crippen LogP contribution in [0.3, 0.4) is 0 Å². The summed E-state index contributed by atoms with van der Waals surface area (Å²) in [6.45, 7) is 6.99. The largest absolute Gasteiger partial charge is 0.322 e. The Hall–Kier alpha value is -1.06. The number of hydrogen-bond donors (Lipinski definition) is 1. The molecule has 0 bridgehead atoms. The van der Waals surface area contributed by atoms with E-state index >= 15 is 0 Å². The van der Waals surface area contributed by atoms with Crippen LogP contribution in [0.1, 0.15) is 38.9 Å². The van der Waals surface area contributed by atoms with Crippen molar-refractivity contribution < 1.29 is 4.79 Å². The van der Waals surface area contributed by atoms with Crippen LogP contribution in [-0.4, -0.2) is 23.4 Å². The molecule has 0 aliphatic carbocycles. The van der Waals surface area contributed by atoms with E-state index in [4.69, 9.17) is 11.6 Å². The molecule has 104 valence electrons. The Kier molecular flexibility index (Phi) is 4.48. The summed E-state index contributed by atoms with van der Waals surface area (Å²) >= 11 is 6.04. The van der Waals surface area contributed by atoms with Gasteiger partial charge in [-0.1, -0.05) is 37.6 Å². The van der Waals surface area contributed by atoms with E-state index in [0.29, 0.717) is 17.5 Å². The Bertz CT molecular complexity index is 461. The van der Waals surface area contributed by atoms with Crippen molar-refractivity contribution in [3.8, 4) is 0 Å². The number of carbonyl (C=O) groups excluding carboxylic acids is 1. The van der Waals surface area contributed by atoms with Gasteiger partial charge in [0.1, 0.15) is 6.17 Å². The summed E-state index contributed by atoms with van der Waals surface area (Å²) in [7, 11) is 0. The van der Waals surface area contributed by atoms with Crippen LogP contribution in [0.25, 0.3) is 0 Å². The van der Waals surface area contributed by atoms with Crippen molar-refractivity contribution in [2.75, 3.05) is 6.54 Å². The number of halogens is 1. The number of amides is 1. The van der Waals surface area contributed by atoms with Gasteiger partial charge in [0, 0.05) is 11.6 Å². The predicted octanol–water partition coefficient (Wildman–Crippen LogP) is 3.21. The molecule has 0 radical (unpaired) electrons. The minimum atomic E-state index is -0.0797. The monoisotopic (exact) mass is 280 g/mol. The second kappa shape index (κ2) is 5.93. The van der Waals surface area contributed by atoms with Crippen LogP contribution in [0.15, 0.2) is 24.3 Å². The highest BCUT2D eigenvalue weighted by Gasteiger charge is 2.38. The minimum Gasteiger partial charge on any atom is -0.322 e. The van der Waals surface area contributed by atoms with Gasteiger partial charge in [0.05, 0.1) is 6.04 Å². The highest BCUT2D eigenvalue weighted by Crippen LogP contribution is 2.28. The molecule has 1 aromatic carbocycles. The SMILES string of the molecule is CCN1C(=O)C(CC(C)C)NC1c1cccc(Cl)c1. The summed E-state index contributed by atoms with van der Waals surface area (Å²) in [6.07, 6.45) is 0.812. The number of likely N-dealkylation sites (N-methyl/N-ethyl adjacent to an activating group) is 1. The average Bonchev–Trinajstić information content (AvgIpc) is 2.65. The lowest BCUT2D eigenvalue weighted by molar-refractivity contribution is -0.130. The van der Waals surface area contributed by atoms with E-state index < -0.39 is 0 Å². The lowest BCUT2D eigenvalue weighted by atomic mass is 10.0. The fourth-order valence-electron chi connectivity index (χ4n) is 2.61. The first-order chi connectivity index (χ1) is 9.02. The summed E-state index contributed by atoms with van der Waals surface area (Å²) in [5.41, 5.74) is 1.05. The molecule has 1 aliphatic rings. The van der Waals surface area contributed by atoms with E-state index in [0.717, 1.165) is 12.0 Å². The van der Waals surface area contributed by atoms with Crippen LogP contribution >= 0.6 is 11.6 Å². The lowest BCUT2D eigenvalue weighted by Gasteiger charge is -2.23. The quantitative estimate of drug-likeness (QED) is 0.919. The summed E-state index contributed by atoms with van der Waals surface area (Å²) in [4.78, 5) is 14.3. The van der Waals surface area contributed by atoms with Crippen LogP contribution in [-0.2, 0) is 4.79 Å². The Morgan fingerprint density at radius 1 is 1.42 bits per heavy atom. The molecule has 19 heavy (non-hydrogen) atoms. The third-order valence-electron chi connectivity index (χ3n) is 3.46. The van der Waals surface area contributed by atoms with Gasteiger partial charge >= 0.3 is 0 Å². The number of nitrogens with one attached hydrogen (secondary N) is 1. The maximum atomic E-state index is 12.4. The van der Waals surface area contributed by atoms with Gasteiger partial charge in [0.2, 0.25) is 5.91 Å². The lowest BCUT2D eigenvalue weighted by Crippen LogP contribution is -2.31. The predicted molar refractivity (Wildman–Crippen MR) is 78.0 cm³/mol. The number of carbonyl (C=O) groups is 1. The first-order valence-electron chi connectivity index (χ1n) is 6.85. The highest BCUT2D eigenvalue weighted by atomic mass is 35.5. The number of nitrogens with zero attached hydrogens (tertiary/aromatic N) is 1. The summed E-state index contributed by atoms with van der Waals surface area (Å²) in [6, 6.07) is 7.63. The molecule has 0 aromatic heterocycles. The van der Waals surface area contributed by atoms with Crippen molar-refractivity contribution in [1.82, 2.24) is 10.2 Å². The first kappa shape index (κ1) is 14.4. The molecule has 2 atom stereocenters. The van der Waals surface area contributed by atoms with Crippen molar-refractivity contribution in [2.24, 2.45) is 5.92 Å². The van der Waals surface area contributed by atoms with E-state index in [1.807, 2.05) is 36.1 Å². The van der Waals surface area contributed by atoms with Crippen LogP contribution in [0.4, 0.5) is 0 Å². The fraction of sp³-hybridized carbons (Fsp3) is 0.533. The molecular formula is C15H21ClN2O. The van der Waals surface area contributed by atoms with Crippen LogP contribution in [0.2, 0.25) is 5.02 Å². The number of hydrogen-bond acceptors (Lipinski definition) is 2. The van der Waals surface area contributed by atoms with Gasteiger partial charge in [-0.25, -0.2) is 0 Å². The molecule has 3 nitrogen and oxygen atoms in total. The van der Waals surface area contributed by atoms with E-state index in [1.54, 1.807) is 0 Å². The molecule has 1 aromatic rings. The maximum absolute atomic E-state index is 12.4. The number of rotatable bonds is 4. The normalized spacial score (nSPS) is 23.4. The molecule has 1 fully saturated rings. The van der Waals surface area contributed by atoms with Gasteiger partial charge in [0.25, 0.3) is 0 Å². The van der Waals surface area contributed by atoms with Crippen molar-refractivity contribution in [3.05, 3.63) is 34.9 Å².